The molecular formula is C9H15NO. The molecule has 2 N–H and O–H groups in total. The minimum Gasteiger partial charge on any atom is -0.387 e. The van der Waals surface area contributed by atoms with Crippen LogP contribution < -0.4 is 0 Å². The van der Waals surface area contributed by atoms with Crippen LogP contribution in [0.3, 0.4) is 0 Å². The smallest absolute Gasteiger partial charge is 0.0962 e. The molecule has 11 heavy (non-hydrogen) atoms. The summed E-state index contributed by atoms with van der Waals surface area (Å²) in [6.07, 6.45) is 2.50. The first-order valence-corrected chi connectivity index (χ1v) is 4.07. The van der Waals surface area contributed by atoms with Crippen LogP contribution in [0.2, 0.25) is 0 Å². The number of H-pyrrole nitrogens is 1. The number of hydrogen-bond donors (Lipinski definition) is 2. The minimum absolute atomic E-state index is 0.327. The lowest BCUT2D eigenvalue weighted by Crippen LogP contribution is -2.07. The first-order valence-electron chi connectivity index (χ1n) is 4.07. The highest BCUT2D eigenvalue weighted by molar-refractivity contribution is 5.07. The van der Waals surface area contributed by atoms with Crippen molar-refractivity contribution in [1.29, 1.82) is 0 Å². The van der Waals surface area contributed by atoms with Gasteiger partial charge in [0, 0.05) is 11.9 Å². The van der Waals surface area contributed by atoms with E-state index in [1.807, 2.05) is 25.3 Å². The SMILES string of the molecule is CCC(C)C(O)c1ccc[nH]1. The predicted octanol–water partition coefficient (Wildman–Crippen LogP) is 2.09. The van der Waals surface area contributed by atoms with Crippen molar-refractivity contribution in [2.75, 3.05) is 0 Å². The van der Waals surface area contributed by atoms with Gasteiger partial charge < -0.3 is 10.1 Å². The van der Waals surface area contributed by atoms with E-state index in [2.05, 4.69) is 11.9 Å². The third kappa shape index (κ3) is 1.84. The molecule has 0 amide bonds. The Bertz CT molecular complexity index is 193. The molecule has 2 heteroatoms. The zero-order chi connectivity index (χ0) is 8.27. The number of nitrogens with one attached hydrogen (secondary N) is 1. The number of hydrogen-bond acceptors (Lipinski definition) is 1. The van der Waals surface area contributed by atoms with Gasteiger partial charge in [-0.15, -0.1) is 0 Å². The summed E-state index contributed by atoms with van der Waals surface area (Å²) < 4.78 is 0. The molecule has 62 valence electrons. The molecule has 0 saturated carbocycles. The molecule has 1 rings (SSSR count). The van der Waals surface area contributed by atoms with Crippen molar-refractivity contribution < 1.29 is 5.11 Å². The summed E-state index contributed by atoms with van der Waals surface area (Å²) in [6.45, 7) is 4.13. The maximum atomic E-state index is 9.65. The first-order chi connectivity index (χ1) is 5.25. The molecule has 2 unspecified atom stereocenters. The van der Waals surface area contributed by atoms with Crippen LogP contribution in [0.5, 0.6) is 0 Å². The van der Waals surface area contributed by atoms with Crippen LogP contribution >= 0.6 is 0 Å². The second-order valence-electron chi connectivity index (χ2n) is 2.96. The molecule has 0 aliphatic heterocycles. The van der Waals surface area contributed by atoms with E-state index in [9.17, 15) is 5.11 Å². The molecule has 0 bridgehead atoms. The summed E-state index contributed by atoms with van der Waals surface area (Å²) in [6, 6.07) is 3.82. The molecule has 0 radical (unpaired) electrons. The van der Waals surface area contributed by atoms with E-state index in [1.165, 1.54) is 0 Å². The molecule has 0 aromatic carbocycles. The molecule has 1 heterocycles. The van der Waals surface area contributed by atoms with Crippen molar-refractivity contribution in [2.45, 2.75) is 26.4 Å². The van der Waals surface area contributed by atoms with E-state index in [0.29, 0.717) is 5.92 Å². The zero-order valence-electron chi connectivity index (χ0n) is 7.04. The van der Waals surface area contributed by atoms with Crippen LogP contribution in [-0.4, -0.2) is 10.1 Å². The molecule has 1 aromatic rings. The fraction of sp³-hybridized carbons (Fsp3) is 0.556. The summed E-state index contributed by atoms with van der Waals surface area (Å²) in [7, 11) is 0. The third-order valence-corrected chi connectivity index (χ3v) is 2.12. The molecule has 0 spiro atoms. The van der Waals surface area contributed by atoms with Crippen molar-refractivity contribution in [3.8, 4) is 0 Å². The fourth-order valence-corrected chi connectivity index (χ4v) is 1.06. The van der Waals surface area contributed by atoms with Crippen LogP contribution in [0.15, 0.2) is 18.3 Å². The highest BCUT2D eigenvalue weighted by Crippen LogP contribution is 2.21. The largest absolute Gasteiger partial charge is 0.387 e. The van der Waals surface area contributed by atoms with E-state index in [1.54, 1.807) is 0 Å². The van der Waals surface area contributed by atoms with Gasteiger partial charge in [0.25, 0.3) is 0 Å². The number of aromatic nitrogens is 1. The van der Waals surface area contributed by atoms with Gasteiger partial charge in [-0.05, 0) is 18.1 Å². The number of aliphatic hydroxyl groups excluding tert-OH is 1. The van der Waals surface area contributed by atoms with Crippen LogP contribution in [0.25, 0.3) is 0 Å². The monoisotopic (exact) mass is 153 g/mol. The van der Waals surface area contributed by atoms with Crippen LogP contribution in [0.4, 0.5) is 0 Å². The summed E-state index contributed by atoms with van der Waals surface area (Å²) in [4.78, 5) is 3.00. The maximum absolute atomic E-state index is 9.65. The van der Waals surface area contributed by atoms with Crippen molar-refractivity contribution in [2.24, 2.45) is 5.92 Å². The Balaban J connectivity index is 2.62. The topological polar surface area (TPSA) is 36.0 Å². The van der Waals surface area contributed by atoms with E-state index < -0.39 is 0 Å². The van der Waals surface area contributed by atoms with Gasteiger partial charge in [-0.3, -0.25) is 0 Å². The standard InChI is InChI=1S/C9H15NO/c1-3-7(2)9(11)8-5-4-6-10-8/h4-7,9-11H,3H2,1-2H3. The molecule has 2 nitrogen and oxygen atoms in total. The number of aromatic amines is 1. The highest BCUT2D eigenvalue weighted by atomic mass is 16.3. The Kier molecular flexibility index (Phi) is 2.71. The fourth-order valence-electron chi connectivity index (χ4n) is 1.06. The van der Waals surface area contributed by atoms with Crippen LogP contribution in [0.1, 0.15) is 32.1 Å². The second-order valence-corrected chi connectivity index (χ2v) is 2.96. The summed E-state index contributed by atoms with van der Waals surface area (Å²) in [5.41, 5.74) is 0.916. The molecule has 1 aromatic heterocycles. The Morgan fingerprint density at radius 2 is 2.36 bits per heavy atom. The molecule has 0 aliphatic carbocycles. The zero-order valence-corrected chi connectivity index (χ0v) is 7.04. The van der Waals surface area contributed by atoms with Crippen LogP contribution in [0, 0.1) is 5.92 Å². The molecule has 0 fully saturated rings. The van der Waals surface area contributed by atoms with Gasteiger partial charge in [0.2, 0.25) is 0 Å². The van der Waals surface area contributed by atoms with Gasteiger partial charge >= 0.3 is 0 Å². The highest BCUT2D eigenvalue weighted by Gasteiger charge is 2.14. The Morgan fingerprint density at radius 3 is 2.82 bits per heavy atom. The number of aliphatic hydroxyl groups is 1. The molecule has 0 aliphatic rings. The quantitative estimate of drug-likeness (QED) is 0.685. The van der Waals surface area contributed by atoms with Gasteiger partial charge in [-0.25, -0.2) is 0 Å². The van der Waals surface area contributed by atoms with Crippen molar-refractivity contribution in [1.82, 2.24) is 4.98 Å². The summed E-state index contributed by atoms with van der Waals surface area (Å²) in [5.74, 6) is 0.327. The maximum Gasteiger partial charge on any atom is 0.0962 e. The Morgan fingerprint density at radius 1 is 1.64 bits per heavy atom. The average Bonchev–Trinajstić information content (AvgIpc) is 2.53. The van der Waals surface area contributed by atoms with Crippen molar-refractivity contribution >= 4 is 0 Å². The Labute approximate surface area is 67.3 Å². The molecule has 2 atom stereocenters. The molecular weight excluding hydrogens is 138 g/mol. The van der Waals surface area contributed by atoms with E-state index in [4.69, 9.17) is 0 Å². The predicted molar refractivity (Wildman–Crippen MR) is 45.2 cm³/mol. The average molecular weight is 153 g/mol. The molecule has 0 saturated heterocycles. The van der Waals surface area contributed by atoms with Crippen molar-refractivity contribution in [3.63, 3.8) is 0 Å². The van der Waals surface area contributed by atoms with E-state index in [-0.39, 0.29) is 6.10 Å². The Hall–Kier alpha value is -0.760. The lowest BCUT2D eigenvalue weighted by molar-refractivity contribution is 0.112. The lowest BCUT2D eigenvalue weighted by Gasteiger charge is -2.15. The normalized spacial score (nSPS) is 16.3. The van der Waals surface area contributed by atoms with Gasteiger partial charge in [0.05, 0.1) is 6.10 Å². The number of rotatable bonds is 3. The second kappa shape index (κ2) is 3.58. The third-order valence-electron chi connectivity index (χ3n) is 2.12. The van der Waals surface area contributed by atoms with Crippen molar-refractivity contribution in [3.05, 3.63) is 24.0 Å². The minimum atomic E-state index is -0.338. The summed E-state index contributed by atoms with van der Waals surface area (Å²) >= 11 is 0. The van der Waals surface area contributed by atoms with Gasteiger partial charge in [0.15, 0.2) is 0 Å². The van der Waals surface area contributed by atoms with E-state index in [0.717, 1.165) is 12.1 Å². The van der Waals surface area contributed by atoms with E-state index >= 15 is 0 Å². The van der Waals surface area contributed by atoms with Gasteiger partial charge in [-0.2, -0.15) is 0 Å². The van der Waals surface area contributed by atoms with Crippen LogP contribution in [-0.2, 0) is 0 Å². The van der Waals surface area contributed by atoms with Gasteiger partial charge in [0.1, 0.15) is 0 Å². The lowest BCUT2D eigenvalue weighted by atomic mass is 10.00. The van der Waals surface area contributed by atoms with Gasteiger partial charge in [-0.1, -0.05) is 20.3 Å². The first kappa shape index (κ1) is 8.34. The summed E-state index contributed by atoms with van der Waals surface area (Å²) in [5, 5.41) is 9.65.